The second kappa shape index (κ2) is 11.9. The molecule has 0 aromatic carbocycles. The van der Waals surface area contributed by atoms with Crippen LogP contribution in [-0.2, 0) is 14.3 Å². The third-order valence-corrected chi connectivity index (χ3v) is 6.39. The van der Waals surface area contributed by atoms with Gasteiger partial charge in [0.1, 0.15) is 18.3 Å². The Labute approximate surface area is 196 Å². The maximum absolute atomic E-state index is 13.0. The van der Waals surface area contributed by atoms with E-state index >= 15 is 0 Å². The predicted octanol–water partition coefficient (Wildman–Crippen LogP) is 3.36. The van der Waals surface area contributed by atoms with E-state index in [0.717, 1.165) is 25.9 Å². The SMILES string of the molecule is O=C(CCCCCC(F)(F)C(F)(F)F)N[C@H](CN1CCCC1)C(O)C1=CC2OCCOC2C=C1. The molecule has 0 spiro atoms. The molecule has 0 aromatic rings. The first kappa shape index (κ1) is 27.0. The van der Waals surface area contributed by atoms with Crippen molar-refractivity contribution in [3.8, 4) is 0 Å². The number of unbranched alkanes of at least 4 members (excludes halogenated alkanes) is 2. The van der Waals surface area contributed by atoms with Crippen LogP contribution in [0.15, 0.2) is 23.8 Å². The van der Waals surface area contributed by atoms with Crippen molar-refractivity contribution in [3.05, 3.63) is 23.8 Å². The van der Waals surface area contributed by atoms with Crippen LogP contribution in [0.3, 0.4) is 0 Å². The van der Waals surface area contributed by atoms with Crippen molar-refractivity contribution in [2.75, 3.05) is 32.8 Å². The van der Waals surface area contributed by atoms with Crippen LogP contribution in [0.2, 0.25) is 0 Å². The Morgan fingerprint density at radius 2 is 1.76 bits per heavy atom. The number of carbonyl (C=O) groups is 1. The van der Waals surface area contributed by atoms with Gasteiger partial charge in [0.2, 0.25) is 5.91 Å². The van der Waals surface area contributed by atoms with E-state index in [0.29, 0.717) is 25.3 Å². The van der Waals surface area contributed by atoms with Crippen LogP contribution in [0.4, 0.5) is 22.0 Å². The number of rotatable bonds is 11. The molecule has 194 valence electrons. The van der Waals surface area contributed by atoms with Crippen molar-refractivity contribution in [1.29, 1.82) is 0 Å². The first-order valence-electron chi connectivity index (χ1n) is 11.8. The van der Waals surface area contributed by atoms with Crippen molar-refractivity contribution in [1.82, 2.24) is 10.2 Å². The number of carbonyl (C=O) groups excluding carboxylic acids is 1. The Morgan fingerprint density at radius 1 is 1.09 bits per heavy atom. The van der Waals surface area contributed by atoms with Gasteiger partial charge in [0.05, 0.1) is 19.3 Å². The van der Waals surface area contributed by atoms with E-state index in [4.69, 9.17) is 9.47 Å². The molecule has 0 bridgehead atoms. The van der Waals surface area contributed by atoms with E-state index in [1.54, 1.807) is 12.2 Å². The topological polar surface area (TPSA) is 71.0 Å². The first-order valence-corrected chi connectivity index (χ1v) is 11.8. The number of fused-ring (bicyclic) bond motifs is 1. The molecule has 0 radical (unpaired) electrons. The summed E-state index contributed by atoms with van der Waals surface area (Å²) < 4.78 is 74.0. The second-order valence-corrected chi connectivity index (χ2v) is 9.09. The number of alkyl halides is 5. The molecule has 2 fully saturated rings. The summed E-state index contributed by atoms with van der Waals surface area (Å²) in [6.45, 7) is 3.13. The molecule has 2 heterocycles. The Kier molecular flexibility index (Phi) is 9.48. The highest BCUT2D eigenvalue weighted by Crippen LogP contribution is 2.39. The highest BCUT2D eigenvalue weighted by atomic mass is 19.4. The summed E-state index contributed by atoms with van der Waals surface area (Å²) in [6, 6.07) is -0.600. The summed E-state index contributed by atoms with van der Waals surface area (Å²) in [5.74, 6) is -5.09. The molecule has 0 saturated carbocycles. The molecule has 6 nitrogen and oxygen atoms in total. The normalized spacial score (nSPS) is 25.5. The molecular formula is C23H33F5N2O4. The van der Waals surface area contributed by atoms with Gasteiger partial charge in [0.15, 0.2) is 0 Å². The fourth-order valence-corrected chi connectivity index (χ4v) is 4.44. The summed E-state index contributed by atoms with van der Waals surface area (Å²) in [5, 5.41) is 13.9. The fraction of sp³-hybridized carbons (Fsp3) is 0.783. The number of nitrogens with zero attached hydrogens (tertiary/aromatic N) is 1. The molecule has 11 heteroatoms. The maximum Gasteiger partial charge on any atom is 0.453 e. The zero-order valence-electron chi connectivity index (χ0n) is 19.0. The van der Waals surface area contributed by atoms with Gasteiger partial charge >= 0.3 is 12.1 Å². The molecule has 0 aromatic heterocycles. The van der Waals surface area contributed by atoms with E-state index in [1.165, 1.54) is 0 Å². The van der Waals surface area contributed by atoms with Crippen LogP contribution in [0.25, 0.3) is 0 Å². The summed E-state index contributed by atoms with van der Waals surface area (Å²) in [6.07, 6.45) is -0.955. The molecule has 2 N–H and O–H groups in total. The van der Waals surface area contributed by atoms with Crippen LogP contribution in [0.1, 0.15) is 44.9 Å². The number of ether oxygens (including phenoxy) is 2. The number of aliphatic hydroxyl groups excluding tert-OH is 1. The van der Waals surface area contributed by atoms with Crippen molar-refractivity contribution in [3.63, 3.8) is 0 Å². The van der Waals surface area contributed by atoms with Crippen LogP contribution >= 0.6 is 0 Å². The lowest BCUT2D eigenvalue weighted by Gasteiger charge is -2.34. The summed E-state index contributed by atoms with van der Waals surface area (Å²) in [7, 11) is 0. The lowest BCUT2D eigenvalue weighted by Crippen LogP contribution is -2.51. The number of hydrogen-bond acceptors (Lipinski definition) is 5. The van der Waals surface area contributed by atoms with Crippen molar-refractivity contribution < 1.29 is 41.3 Å². The Morgan fingerprint density at radius 3 is 2.44 bits per heavy atom. The summed E-state index contributed by atoms with van der Waals surface area (Å²) in [5.41, 5.74) is 0.616. The molecule has 4 atom stereocenters. The third kappa shape index (κ3) is 7.47. The highest BCUT2D eigenvalue weighted by Gasteiger charge is 2.56. The molecule has 2 aliphatic heterocycles. The van der Waals surface area contributed by atoms with E-state index in [1.807, 2.05) is 6.08 Å². The molecule has 1 aliphatic carbocycles. The molecule has 1 amide bonds. The monoisotopic (exact) mass is 496 g/mol. The van der Waals surface area contributed by atoms with E-state index in [-0.39, 0.29) is 43.8 Å². The van der Waals surface area contributed by atoms with Gasteiger partial charge in [-0.25, -0.2) is 0 Å². The fourth-order valence-electron chi connectivity index (χ4n) is 4.44. The van der Waals surface area contributed by atoms with Crippen molar-refractivity contribution >= 4 is 5.91 Å². The highest BCUT2D eigenvalue weighted by molar-refractivity contribution is 5.76. The Balaban J connectivity index is 1.51. The van der Waals surface area contributed by atoms with E-state index in [2.05, 4.69) is 10.2 Å². The van der Waals surface area contributed by atoms with Gasteiger partial charge in [0.25, 0.3) is 0 Å². The second-order valence-electron chi connectivity index (χ2n) is 9.09. The molecule has 3 unspecified atom stereocenters. The average Bonchev–Trinajstić information content (AvgIpc) is 3.30. The molecule has 3 aliphatic rings. The predicted molar refractivity (Wildman–Crippen MR) is 114 cm³/mol. The largest absolute Gasteiger partial charge is 0.453 e. The molecule has 3 rings (SSSR count). The minimum atomic E-state index is -5.56. The van der Waals surface area contributed by atoms with Gasteiger partial charge in [-0.15, -0.1) is 0 Å². The lowest BCUT2D eigenvalue weighted by atomic mass is 9.93. The van der Waals surface area contributed by atoms with Crippen LogP contribution in [-0.4, -0.2) is 85.2 Å². The Bertz CT molecular complexity index is 737. The number of halogens is 5. The summed E-state index contributed by atoms with van der Waals surface area (Å²) in [4.78, 5) is 14.7. The van der Waals surface area contributed by atoms with Crippen molar-refractivity contribution in [2.24, 2.45) is 0 Å². The molecule has 34 heavy (non-hydrogen) atoms. The zero-order chi connectivity index (χ0) is 24.8. The number of aliphatic hydroxyl groups is 1. The number of amides is 1. The van der Waals surface area contributed by atoms with Crippen LogP contribution in [0, 0.1) is 0 Å². The molecule has 2 saturated heterocycles. The lowest BCUT2D eigenvalue weighted by molar-refractivity contribution is -0.284. The minimum absolute atomic E-state index is 0.0165. The van der Waals surface area contributed by atoms with Gasteiger partial charge in [-0.2, -0.15) is 22.0 Å². The Hall–Kier alpha value is -1.56. The van der Waals surface area contributed by atoms with E-state index in [9.17, 15) is 31.9 Å². The smallest absolute Gasteiger partial charge is 0.386 e. The van der Waals surface area contributed by atoms with Gasteiger partial charge in [-0.05, 0) is 50.4 Å². The van der Waals surface area contributed by atoms with E-state index < -0.39 is 30.7 Å². The minimum Gasteiger partial charge on any atom is -0.386 e. The third-order valence-electron chi connectivity index (χ3n) is 6.39. The standard InChI is InChI=1S/C23H33F5N2O4/c24-22(25,23(26,27)28)9-3-1-2-6-20(31)29-17(15-30-10-4-5-11-30)21(32)16-7-8-18-19(14-16)34-13-12-33-18/h7-8,14,17-19,21,32H,1-6,9-13,15H2,(H,29,31)/t17-,18?,19?,21?/m1/s1. The van der Waals surface area contributed by atoms with Gasteiger partial charge in [-0.1, -0.05) is 18.6 Å². The van der Waals surface area contributed by atoms with Gasteiger partial charge in [0, 0.05) is 19.4 Å². The molecular weight excluding hydrogens is 463 g/mol. The summed E-state index contributed by atoms with van der Waals surface area (Å²) >= 11 is 0. The van der Waals surface area contributed by atoms with Crippen LogP contribution < -0.4 is 5.32 Å². The number of nitrogens with one attached hydrogen (secondary N) is 1. The van der Waals surface area contributed by atoms with Gasteiger partial charge in [-0.3, -0.25) is 4.79 Å². The van der Waals surface area contributed by atoms with Crippen LogP contribution in [0.5, 0.6) is 0 Å². The average molecular weight is 497 g/mol. The van der Waals surface area contributed by atoms with Crippen molar-refractivity contribution in [2.45, 2.75) is 81.4 Å². The maximum atomic E-state index is 13.0. The zero-order valence-corrected chi connectivity index (χ0v) is 19.0. The number of hydrogen-bond donors (Lipinski definition) is 2. The quantitative estimate of drug-likeness (QED) is 0.339. The number of likely N-dealkylation sites (tertiary alicyclic amines) is 1. The first-order chi connectivity index (χ1) is 16.1. The van der Waals surface area contributed by atoms with Gasteiger partial charge < -0.3 is 24.8 Å².